The topological polar surface area (TPSA) is 24.7 Å². The normalized spacial score (nSPS) is 13.5. The van der Waals surface area contributed by atoms with E-state index in [1.807, 2.05) is 45.2 Å². The molecule has 0 bridgehead atoms. The van der Waals surface area contributed by atoms with E-state index < -0.39 is 0 Å². The summed E-state index contributed by atoms with van der Waals surface area (Å²) in [5.41, 5.74) is 4.29. The van der Waals surface area contributed by atoms with Gasteiger partial charge in [0.15, 0.2) is 0 Å². The van der Waals surface area contributed by atoms with Gasteiger partial charge in [0.2, 0.25) is 0 Å². The van der Waals surface area contributed by atoms with Crippen molar-refractivity contribution in [1.82, 2.24) is 0 Å². The highest BCUT2D eigenvalue weighted by Gasteiger charge is 1.97. The van der Waals surface area contributed by atoms with Crippen molar-refractivity contribution >= 4 is 17.6 Å². The molecule has 1 aromatic carbocycles. The summed E-state index contributed by atoms with van der Waals surface area (Å²) in [5, 5.41) is 0. The SMILES string of the molecule is CC=N/C=C(\C)C(C)=Nc1ccccc1C. The van der Waals surface area contributed by atoms with Gasteiger partial charge in [-0.05, 0) is 44.9 Å². The van der Waals surface area contributed by atoms with Gasteiger partial charge in [-0.3, -0.25) is 9.98 Å². The predicted octanol–water partition coefficient (Wildman–Crippen LogP) is 4.08. The molecule has 84 valence electrons. The first kappa shape index (κ1) is 12.4. The van der Waals surface area contributed by atoms with Crippen LogP contribution < -0.4 is 0 Å². The molecule has 0 aromatic heterocycles. The van der Waals surface area contributed by atoms with Crippen LogP contribution in [0.4, 0.5) is 5.69 Å². The van der Waals surface area contributed by atoms with Crippen LogP contribution >= 0.6 is 0 Å². The Labute approximate surface area is 97.5 Å². The zero-order chi connectivity index (χ0) is 12.0. The Morgan fingerprint density at radius 1 is 1.19 bits per heavy atom. The molecule has 0 atom stereocenters. The van der Waals surface area contributed by atoms with Crippen LogP contribution in [-0.4, -0.2) is 11.9 Å². The van der Waals surface area contributed by atoms with Gasteiger partial charge in [-0.1, -0.05) is 18.2 Å². The molecule has 0 saturated heterocycles. The highest BCUT2D eigenvalue weighted by atomic mass is 14.8. The number of aliphatic imine (C=N–C) groups is 2. The van der Waals surface area contributed by atoms with E-state index in [0.717, 1.165) is 17.0 Å². The molecule has 0 fully saturated rings. The molecular formula is C14H18N2. The molecule has 2 nitrogen and oxygen atoms in total. The zero-order valence-electron chi connectivity index (χ0n) is 10.4. The lowest BCUT2D eigenvalue weighted by atomic mass is 10.2. The molecule has 0 radical (unpaired) electrons. The third-order valence-corrected chi connectivity index (χ3v) is 2.39. The van der Waals surface area contributed by atoms with Crippen LogP contribution in [0.5, 0.6) is 0 Å². The van der Waals surface area contributed by atoms with Crippen molar-refractivity contribution < 1.29 is 0 Å². The number of hydrogen-bond donors (Lipinski definition) is 0. The molecule has 0 spiro atoms. The lowest BCUT2D eigenvalue weighted by molar-refractivity contribution is 1.36. The Morgan fingerprint density at radius 3 is 2.50 bits per heavy atom. The second kappa shape index (κ2) is 6.01. The summed E-state index contributed by atoms with van der Waals surface area (Å²) in [4.78, 5) is 8.67. The fourth-order valence-electron chi connectivity index (χ4n) is 1.24. The van der Waals surface area contributed by atoms with Crippen LogP contribution in [0, 0.1) is 6.92 Å². The maximum absolute atomic E-state index is 4.59. The van der Waals surface area contributed by atoms with Crippen LogP contribution in [0.15, 0.2) is 46.0 Å². The molecule has 0 aliphatic heterocycles. The molecule has 0 N–H and O–H groups in total. The molecule has 0 unspecified atom stereocenters. The van der Waals surface area contributed by atoms with Gasteiger partial charge in [0.1, 0.15) is 0 Å². The number of hydrogen-bond acceptors (Lipinski definition) is 2. The highest BCUT2D eigenvalue weighted by molar-refractivity contribution is 5.99. The Balaban J connectivity index is 2.97. The largest absolute Gasteiger partial charge is 0.269 e. The lowest BCUT2D eigenvalue weighted by Gasteiger charge is -2.02. The fourth-order valence-corrected chi connectivity index (χ4v) is 1.24. The van der Waals surface area contributed by atoms with Crippen LogP contribution in [0.2, 0.25) is 0 Å². The van der Waals surface area contributed by atoms with Gasteiger partial charge >= 0.3 is 0 Å². The standard InChI is InChI=1S/C14H18N2/c1-5-15-10-12(3)13(4)16-14-9-7-6-8-11(14)2/h5-10H,1-4H3/b12-10+,15-5?,16-13?. The van der Waals surface area contributed by atoms with E-state index in [-0.39, 0.29) is 0 Å². The summed E-state index contributed by atoms with van der Waals surface area (Å²) < 4.78 is 0. The van der Waals surface area contributed by atoms with E-state index in [4.69, 9.17) is 0 Å². The number of aryl methyl sites for hydroxylation is 1. The molecule has 1 rings (SSSR count). The quantitative estimate of drug-likeness (QED) is 0.677. The molecule has 0 saturated carbocycles. The maximum Gasteiger partial charge on any atom is 0.0662 e. The van der Waals surface area contributed by atoms with Gasteiger partial charge in [-0.15, -0.1) is 0 Å². The van der Waals surface area contributed by atoms with Crippen molar-refractivity contribution in [2.75, 3.05) is 0 Å². The van der Waals surface area contributed by atoms with E-state index >= 15 is 0 Å². The molecule has 0 aliphatic rings. The number of benzene rings is 1. The van der Waals surface area contributed by atoms with Crippen LogP contribution in [0.1, 0.15) is 26.3 Å². The van der Waals surface area contributed by atoms with Crippen molar-refractivity contribution in [3.63, 3.8) is 0 Å². The third-order valence-electron chi connectivity index (χ3n) is 2.39. The average molecular weight is 214 g/mol. The molecule has 0 amide bonds. The van der Waals surface area contributed by atoms with E-state index in [1.54, 1.807) is 6.21 Å². The van der Waals surface area contributed by atoms with Crippen molar-refractivity contribution in [3.8, 4) is 0 Å². The van der Waals surface area contributed by atoms with E-state index in [9.17, 15) is 0 Å². The Kier molecular flexibility index (Phi) is 4.65. The van der Waals surface area contributed by atoms with Gasteiger partial charge in [0.25, 0.3) is 0 Å². The Morgan fingerprint density at radius 2 is 1.88 bits per heavy atom. The minimum atomic E-state index is 1.000. The van der Waals surface area contributed by atoms with Crippen LogP contribution in [0.3, 0.4) is 0 Å². The van der Waals surface area contributed by atoms with Gasteiger partial charge in [0.05, 0.1) is 5.69 Å². The summed E-state index contributed by atoms with van der Waals surface area (Å²) in [6.07, 6.45) is 3.60. The van der Waals surface area contributed by atoms with Crippen LogP contribution in [-0.2, 0) is 0 Å². The second-order valence-corrected chi connectivity index (χ2v) is 3.70. The lowest BCUT2D eigenvalue weighted by Crippen LogP contribution is -1.92. The van der Waals surface area contributed by atoms with Crippen molar-refractivity contribution in [2.45, 2.75) is 27.7 Å². The van der Waals surface area contributed by atoms with Gasteiger partial charge in [-0.25, -0.2) is 0 Å². The summed E-state index contributed by atoms with van der Waals surface area (Å²) in [7, 11) is 0. The van der Waals surface area contributed by atoms with Gasteiger partial charge in [-0.2, -0.15) is 0 Å². The van der Waals surface area contributed by atoms with Crippen molar-refractivity contribution in [1.29, 1.82) is 0 Å². The fraction of sp³-hybridized carbons (Fsp3) is 0.286. The van der Waals surface area contributed by atoms with Crippen molar-refractivity contribution in [3.05, 3.63) is 41.6 Å². The number of rotatable bonds is 3. The summed E-state index contributed by atoms with van der Waals surface area (Å²) in [6.45, 7) is 7.99. The molecular weight excluding hydrogens is 196 g/mol. The number of allylic oxidation sites excluding steroid dienone is 1. The van der Waals surface area contributed by atoms with Gasteiger partial charge < -0.3 is 0 Å². The second-order valence-electron chi connectivity index (χ2n) is 3.70. The number of nitrogens with zero attached hydrogens (tertiary/aromatic N) is 2. The first-order valence-electron chi connectivity index (χ1n) is 5.41. The Hall–Kier alpha value is -1.70. The van der Waals surface area contributed by atoms with Crippen molar-refractivity contribution in [2.24, 2.45) is 9.98 Å². The van der Waals surface area contributed by atoms with E-state index in [1.165, 1.54) is 5.56 Å². The number of para-hydroxylation sites is 1. The van der Waals surface area contributed by atoms with E-state index in [2.05, 4.69) is 23.0 Å². The summed E-state index contributed by atoms with van der Waals surface area (Å²) >= 11 is 0. The van der Waals surface area contributed by atoms with Crippen LogP contribution in [0.25, 0.3) is 0 Å². The predicted molar refractivity (Wildman–Crippen MR) is 71.9 cm³/mol. The zero-order valence-corrected chi connectivity index (χ0v) is 10.4. The molecule has 16 heavy (non-hydrogen) atoms. The molecule has 0 heterocycles. The smallest absolute Gasteiger partial charge is 0.0662 e. The first-order chi connectivity index (χ1) is 7.65. The molecule has 2 heteroatoms. The highest BCUT2D eigenvalue weighted by Crippen LogP contribution is 2.18. The van der Waals surface area contributed by atoms with Gasteiger partial charge in [0, 0.05) is 18.1 Å². The van der Waals surface area contributed by atoms with E-state index in [0.29, 0.717) is 0 Å². The minimum Gasteiger partial charge on any atom is -0.269 e. The first-order valence-corrected chi connectivity index (χ1v) is 5.41. The summed E-state index contributed by atoms with van der Waals surface area (Å²) in [6, 6.07) is 8.11. The molecule has 0 aliphatic carbocycles. The molecule has 1 aromatic rings. The minimum absolute atomic E-state index is 1.000. The average Bonchev–Trinajstić information content (AvgIpc) is 2.28. The third kappa shape index (κ3) is 3.46. The maximum atomic E-state index is 4.59. The summed E-state index contributed by atoms with van der Waals surface area (Å²) in [5.74, 6) is 0. The Bertz CT molecular complexity index is 440. The monoisotopic (exact) mass is 214 g/mol.